The van der Waals surface area contributed by atoms with E-state index in [9.17, 15) is 4.79 Å². The third-order valence-electron chi connectivity index (χ3n) is 8.31. The normalized spacial score (nSPS) is 15.8. The Morgan fingerprint density at radius 1 is 0.951 bits per heavy atom. The van der Waals surface area contributed by atoms with Crippen LogP contribution in [0.4, 0.5) is 0 Å². The number of esters is 1. The number of carbonyl (C=O) groups excluding carboxylic acids is 1. The van der Waals surface area contributed by atoms with E-state index in [1.807, 2.05) is 18.2 Å². The van der Waals surface area contributed by atoms with Crippen molar-refractivity contribution in [1.29, 1.82) is 0 Å². The molecule has 1 aliphatic carbocycles. The second-order valence-electron chi connectivity index (χ2n) is 11.0. The number of benzene rings is 2. The summed E-state index contributed by atoms with van der Waals surface area (Å²) in [7, 11) is 3.14. The van der Waals surface area contributed by atoms with Crippen LogP contribution in [0.25, 0.3) is 5.57 Å². The Hall–Kier alpha value is -2.89. The van der Waals surface area contributed by atoms with Gasteiger partial charge >= 0.3 is 5.97 Å². The number of ether oxygens (including phenoxy) is 3. The van der Waals surface area contributed by atoms with Crippen LogP contribution < -0.4 is 4.74 Å². The second kappa shape index (κ2) is 15.9. The molecule has 5 heteroatoms. The van der Waals surface area contributed by atoms with Gasteiger partial charge in [0.05, 0.1) is 26.9 Å². The van der Waals surface area contributed by atoms with E-state index < -0.39 is 0 Å². The van der Waals surface area contributed by atoms with E-state index in [1.54, 1.807) is 29.6 Å². The zero-order valence-electron chi connectivity index (χ0n) is 25.2. The van der Waals surface area contributed by atoms with Crippen molar-refractivity contribution in [3.63, 3.8) is 0 Å². The van der Waals surface area contributed by atoms with Crippen molar-refractivity contribution in [2.24, 2.45) is 5.92 Å². The maximum Gasteiger partial charge on any atom is 0.348 e. The minimum absolute atomic E-state index is 0.0948. The Balaban J connectivity index is 1.41. The Morgan fingerprint density at radius 3 is 2.41 bits per heavy atom. The molecule has 0 saturated carbocycles. The van der Waals surface area contributed by atoms with Crippen molar-refractivity contribution in [3.8, 4) is 5.75 Å². The fourth-order valence-corrected chi connectivity index (χ4v) is 6.95. The molecular formula is C36H46O4S. The zero-order chi connectivity index (χ0) is 29.0. The highest BCUT2D eigenvalue weighted by atomic mass is 32.1. The number of methoxy groups -OCH3 is 2. The first-order chi connectivity index (χ1) is 20.1. The van der Waals surface area contributed by atoms with Gasteiger partial charge in [-0.15, -0.1) is 11.3 Å². The summed E-state index contributed by atoms with van der Waals surface area (Å²) < 4.78 is 16.7. The molecule has 1 aliphatic rings. The van der Waals surface area contributed by atoms with Gasteiger partial charge < -0.3 is 14.2 Å². The van der Waals surface area contributed by atoms with E-state index in [-0.39, 0.29) is 12.1 Å². The van der Waals surface area contributed by atoms with Gasteiger partial charge in [0.15, 0.2) is 0 Å². The Morgan fingerprint density at radius 2 is 1.73 bits per heavy atom. The van der Waals surface area contributed by atoms with Gasteiger partial charge in [0.1, 0.15) is 10.6 Å². The van der Waals surface area contributed by atoms with Crippen molar-refractivity contribution in [1.82, 2.24) is 0 Å². The topological polar surface area (TPSA) is 44.8 Å². The molecule has 0 spiro atoms. The molecular weight excluding hydrogens is 528 g/mol. The third kappa shape index (κ3) is 8.56. The van der Waals surface area contributed by atoms with E-state index in [0.29, 0.717) is 17.4 Å². The van der Waals surface area contributed by atoms with Crippen molar-refractivity contribution < 1.29 is 19.0 Å². The summed E-state index contributed by atoms with van der Waals surface area (Å²) in [5.41, 5.74) is 6.99. The fourth-order valence-electron chi connectivity index (χ4n) is 5.98. The molecule has 0 amide bonds. The van der Waals surface area contributed by atoms with Gasteiger partial charge in [-0.05, 0) is 97.4 Å². The Labute approximate surface area is 250 Å². The molecule has 1 aromatic heterocycles. The predicted octanol–water partition coefficient (Wildman–Crippen LogP) is 9.98. The Kier molecular flexibility index (Phi) is 12.1. The lowest BCUT2D eigenvalue weighted by Gasteiger charge is -2.21. The van der Waals surface area contributed by atoms with E-state index in [1.165, 1.54) is 67.2 Å². The SMILES string of the molecule is CCCCCC(OCc1ccc(OC)cc1)c1ccc(C2=C(CC)CC[C@@H]2CCCc2ccc(C(=O)OC)s2)cc1. The summed E-state index contributed by atoms with van der Waals surface area (Å²) >= 11 is 1.56. The molecule has 1 heterocycles. The van der Waals surface area contributed by atoms with Gasteiger partial charge in [-0.2, -0.15) is 0 Å². The molecule has 4 nitrogen and oxygen atoms in total. The lowest BCUT2D eigenvalue weighted by atomic mass is 9.88. The van der Waals surface area contributed by atoms with Gasteiger partial charge in [-0.3, -0.25) is 0 Å². The van der Waals surface area contributed by atoms with Crippen molar-refractivity contribution in [2.75, 3.05) is 14.2 Å². The first-order valence-electron chi connectivity index (χ1n) is 15.3. The van der Waals surface area contributed by atoms with Crippen LogP contribution >= 0.6 is 11.3 Å². The van der Waals surface area contributed by atoms with Gasteiger partial charge in [0.2, 0.25) is 0 Å². The van der Waals surface area contributed by atoms with Crippen LogP contribution in [0.2, 0.25) is 0 Å². The molecule has 220 valence electrons. The molecule has 3 aromatic rings. The van der Waals surface area contributed by atoms with Crippen molar-refractivity contribution in [3.05, 3.63) is 92.7 Å². The molecule has 0 bridgehead atoms. The first kappa shape index (κ1) is 31.1. The highest BCUT2D eigenvalue weighted by Gasteiger charge is 2.26. The van der Waals surface area contributed by atoms with Crippen LogP contribution in [0.3, 0.4) is 0 Å². The lowest BCUT2D eigenvalue weighted by Crippen LogP contribution is -2.06. The van der Waals surface area contributed by atoms with Crippen LogP contribution in [-0.4, -0.2) is 20.2 Å². The number of allylic oxidation sites excluding steroid dienone is 2. The maximum absolute atomic E-state index is 11.8. The molecule has 2 aromatic carbocycles. The zero-order valence-corrected chi connectivity index (χ0v) is 26.1. The fraction of sp³-hybridized carbons (Fsp3) is 0.472. The molecule has 0 saturated heterocycles. The predicted molar refractivity (Wildman–Crippen MR) is 170 cm³/mol. The molecule has 0 radical (unpaired) electrons. The average Bonchev–Trinajstić information content (AvgIpc) is 3.66. The molecule has 1 unspecified atom stereocenters. The average molecular weight is 575 g/mol. The van der Waals surface area contributed by atoms with Crippen molar-refractivity contribution in [2.45, 2.75) is 90.8 Å². The number of hydrogen-bond donors (Lipinski definition) is 0. The van der Waals surface area contributed by atoms with Crippen molar-refractivity contribution >= 4 is 22.9 Å². The highest BCUT2D eigenvalue weighted by Crippen LogP contribution is 2.43. The summed E-state index contributed by atoms with van der Waals surface area (Å²) in [4.78, 5) is 13.8. The van der Waals surface area contributed by atoms with Crippen LogP contribution in [0.5, 0.6) is 5.75 Å². The summed E-state index contributed by atoms with van der Waals surface area (Å²) in [6, 6.07) is 21.4. The molecule has 41 heavy (non-hydrogen) atoms. The van der Waals surface area contributed by atoms with Gasteiger partial charge in [0, 0.05) is 4.88 Å². The van der Waals surface area contributed by atoms with Crippen LogP contribution in [0.1, 0.15) is 109 Å². The van der Waals surface area contributed by atoms with Crippen LogP contribution in [0, 0.1) is 5.92 Å². The summed E-state index contributed by atoms with van der Waals surface area (Å²) in [5, 5.41) is 0. The van der Waals surface area contributed by atoms with Gasteiger partial charge in [0.25, 0.3) is 0 Å². The monoisotopic (exact) mass is 574 g/mol. The summed E-state index contributed by atoms with van der Waals surface area (Å²) in [6.45, 7) is 5.14. The Bertz CT molecular complexity index is 1260. The summed E-state index contributed by atoms with van der Waals surface area (Å²) in [6.07, 6.45) is 11.6. The van der Waals surface area contributed by atoms with Gasteiger partial charge in [-0.25, -0.2) is 4.79 Å². The van der Waals surface area contributed by atoms with E-state index in [0.717, 1.165) is 31.4 Å². The maximum atomic E-state index is 11.8. The molecule has 0 N–H and O–H groups in total. The largest absolute Gasteiger partial charge is 0.497 e. The first-order valence-corrected chi connectivity index (χ1v) is 16.1. The number of hydrogen-bond acceptors (Lipinski definition) is 5. The van der Waals surface area contributed by atoms with Crippen LogP contribution in [-0.2, 0) is 22.5 Å². The number of carbonyl (C=O) groups is 1. The summed E-state index contributed by atoms with van der Waals surface area (Å²) in [5.74, 6) is 1.23. The number of aryl methyl sites for hydroxylation is 1. The van der Waals surface area contributed by atoms with Crippen LogP contribution in [0.15, 0.2) is 66.2 Å². The highest BCUT2D eigenvalue weighted by molar-refractivity contribution is 7.13. The second-order valence-corrected chi connectivity index (χ2v) is 12.2. The minimum atomic E-state index is -0.239. The third-order valence-corrected chi connectivity index (χ3v) is 9.43. The smallest absolute Gasteiger partial charge is 0.348 e. The van der Waals surface area contributed by atoms with Gasteiger partial charge in [-0.1, -0.05) is 75.1 Å². The number of unbranched alkanes of at least 4 members (excludes halogenated alkanes) is 2. The minimum Gasteiger partial charge on any atom is -0.497 e. The quantitative estimate of drug-likeness (QED) is 0.126. The van der Waals surface area contributed by atoms with E-state index in [4.69, 9.17) is 14.2 Å². The molecule has 2 atom stereocenters. The molecule has 0 fully saturated rings. The molecule has 0 aliphatic heterocycles. The lowest BCUT2D eigenvalue weighted by molar-refractivity contribution is 0.0322. The number of rotatable bonds is 16. The standard InChI is InChI=1S/C36H46O4S/c1-5-7-8-12-33(40-25-26-13-21-31(38-3)22-14-26)28-16-19-30(20-17-28)35-27(6-2)15-18-29(35)10-9-11-32-23-24-34(41-32)36(37)39-4/h13-14,16-17,19-24,29,33H,5-12,15,18,25H2,1-4H3/t29-,33?/m0/s1. The van der Waals surface area contributed by atoms with E-state index in [2.05, 4.69) is 56.3 Å². The number of thiophene rings is 1. The van der Waals surface area contributed by atoms with E-state index >= 15 is 0 Å². The molecule has 4 rings (SSSR count).